The van der Waals surface area contributed by atoms with E-state index in [1.54, 1.807) is 7.11 Å². The molecule has 2 N–H and O–H groups in total. The van der Waals surface area contributed by atoms with Crippen molar-refractivity contribution in [3.05, 3.63) is 35.9 Å². The summed E-state index contributed by atoms with van der Waals surface area (Å²) < 4.78 is 5.03. The Morgan fingerprint density at radius 1 is 1.27 bits per heavy atom. The van der Waals surface area contributed by atoms with Gasteiger partial charge in [0, 0.05) is 19.3 Å². The number of hydrogen-bond acceptors (Lipinski definition) is 2. The minimum Gasteiger partial charge on any atom is -0.385 e. The lowest BCUT2D eigenvalue weighted by Gasteiger charge is -2.24. The quantitative estimate of drug-likeness (QED) is 0.727. The van der Waals surface area contributed by atoms with Crippen LogP contribution in [0.2, 0.25) is 0 Å². The molecule has 0 aliphatic heterocycles. The van der Waals surface area contributed by atoms with Gasteiger partial charge >= 0.3 is 0 Å². The Hall–Kier alpha value is -0.860. The van der Waals surface area contributed by atoms with E-state index in [0.29, 0.717) is 0 Å². The van der Waals surface area contributed by atoms with Crippen LogP contribution in [0, 0.1) is 0 Å². The minimum absolute atomic E-state index is 0.125. The predicted octanol–water partition coefficient (Wildman–Crippen LogP) is 2.37. The van der Waals surface area contributed by atoms with Gasteiger partial charge in [0.2, 0.25) is 0 Å². The SMILES string of the molecule is COCCCC(C)(N)Cc1ccccc1. The fraction of sp³-hybridized carbons (Fsp3) is 0.538. The summed E-state index contributed by atoms with van der Waals surface area (Å²) in [5, 5.41) is 0. The molecule has 0 radical (unpaired) electrons. The van der Waals surface area contributed by atoms with Crippen LogP contribution in [0.1, 0.15) is 25.3 Å². The van der Waals surface area contributed by atoms with Crippen molar-refractivity contribution in [1.29, 1.82) is 0 Å². The first-order chi connectivity index (χ1) is 7.14. The largest absolute Gasteiger partial charge is 0.385 e. The zero-order valence-corrected chi connectivity index (χ0v) is 9.70. The van der Waals surface area contributed by atoms with E-state index in [-0.39, 0.29) is 5.54 Å². The monoisotopic (exact) mass is 207 g/mol. The Balaban J connectivity index is 2.42. The zero-order chi connectivity index (χ0) is 11.1. The molecular formula is C13H21NO. The fourth-order valence-electron chi connectivity index (χ4n) is 1.77. The van der Waals surface area contributed by atoms with Crippen molar-refractivity contribution in [2.45, 2.75) is 31.7 Å². The highest BCUT2D eigenvalue weighted by molar-refractivity contribution is 5.17. The van der Waals surface area contributed by atoms with E-state index < -0.39 is 0 Å². The molecule has 0 heterocycles. The first kappa shape index (κ1) is 12.2. The first-order valence-corrected chi connectivity index (χ1v) is 5.46. The van der Waals surface area contributed by atoms with Crippen LogP contribution in [0.5, 0.6) is 0 Å². The van der Waals surface area contributed by atoms with Gasteiger partial charge in [-0.25, -0.2) is 0 Å². The maximum absolute atomic E-state index is 6.23. The molecule has 0 aliphatic carbocycles. The van der Waals surface area contributed by atoms with Gasteiger partial charge < -0.3 is 10.5 Å². The number of nitrogens with two attached hydrogens (primary N) is 1. The van der Waals surface area contributed by atoms with Gasteiger partial charge in [0.15, 0.2) is 0 Å². The summed E-state index contributed by atoms with van der Waals surface area (Å²) in [4.78, 5) is 0. The smallest absolute Gasteiger partial charge is 0.0462 e. The van der Waals surface area contributed by atoms with E-state index in [1.807, 2.05) is 6.07 Å². The molecule has 1 aromatic rings. The molecule has 0 aliphatic rings. The molecule has 0 saturated carbocycles. The summed E-state index contributed by atoms with van der Waals surface area (Å²) in [5.41, 5.74) is 7.41. The van der Waals surface area contributed by atoms with Crippen molar-refractivity contribution in [2.24, 2.45) is 5.73 Å². The Labute approximate surface area is 92.4 Å². The molecule has 0 fully saturated rings. The standard InChI is InChI=1S/C13H21NO/c1-13(14,9-6-10-15-2)11-12-7-4-3-5-8-12/h3-5,7-8H,6,9-11,14H2,1-2H3. The van der Waals surface area contributed by atoms with E-state index in [0.717, 1.165) is 25.9 Å². The second-order valence-corrected chi connectivity index (χ2v) is 4.41. The highest BCUT2D eigenvalue weighted by Gasteiger charge is 2.18. The van der Waals surface area contributed by atoms with Crippen LogP contribution in [0.25, 0.3) is 0 Å². The molecular weight excluding hydrogens is 186 g/mol. The molecule has 0 amide bonds. The van der Waals surface area contributed by atoms with Gasteiger partial charge in [-0.1, -0.05) is 30.3 Å². The summed E-state index contributed by atoms with van der Waals surface area (Å²) in [5.74, 6) is 0. The second kappa shape index (κ2) is 5.89. The molecule has 0 saturated heterocycles. The third kappa shape index (κ3) is 4.96. The van der Waals surface area contributed by atoms with Crippen LogP contribution >= 0.6 is 0 Å². The molecule has 1 rings (SSSR count). The molecule has 1 aromatic carbocycles. The molecule has 2 nitrogen and oxygen atoms in total. The second-order valence-electron chi connectivity index (χ2n) is 4.41. The Morgan fingerprint density at radius 3 is 2.53 bits per heavy atom. The fourth-order valence-corrected chi connectivity index (χ4v) is 1.77. The van der Waals surface area contributed by atoms with Crippen LogP contribution in [0.4, 0.5) is 0 Å². The van der Waals surface area contributed by atoms with Gasteiger partial charge in [0.05, 0.1) is 0 Å². The number of rotatable bonds is 6. The number of ether oxygens (including phenoxy) is 1. The normalized spacial score (nSPS) is 14.9. The van der Waals surface area contributed by atoms with Gasteiger partial charge in [-0.2, -0.15) is 0 Å². The van der Waals surface area contributed by atoms with E-state index in [4.69, 9.17) is 10.5 Å². The Bertz CT molecular complexity index is 269. The Kier molecular flexibility index (Phi) is 4.79. The minimum atomic E-state index is -0.125. The molecule has 0 spiro atoms. The maximum Gasteiger partial charge on any atom is 0.0462 e. The predicted molar refractivity (Wildman–Crippen MR) is 63.8 cm³/mol. The molecule has 2 heteroatoms. The van der Waals surface area contributed by atoms with Crippen molar-refractivity contribution >= 4 is 0 Å². The van der Waals surface area contributed by atoms with Gasteiger partial charge in [-0.3, -0.25) is 0 Å². The van der Waals surface area contributed by atoms with Crippen LogP contribution < -0.4 is 5.73 Å². The Morgan fingerprint density at radius 2 is 1.93 bits per heavy atom. The molecule has 1 unspecified atom stereocenters. The van der Waals surface area contributed by atoms with Crippen LogP contribution in [-0.2, 0) is 11.2 Å². The zero-order valence-electron chi connectivity index (χ0n) is 9.70. The van der Waals surface area contributed by atoms with Crippen LogP contribution in [0.3, 0.4) is 0 Å². The molecule has 0 aromatic heterocycles. The first-order valence-electron chi connectivity index (χ1n) is 5.46. The number of methoxy groups -OCH3 is 1. The van der Waals surface area contributed by atoms with Gasteiger partial charge in [-0.05, 0) is 31.7 Å². The highest BCUT2D eigenvalue weighted by atomic mass is 16.5. The summed E-state index contributed by atoms with van der Waals surface area (Å²) in [6, 6.07) is 10.4. The van der Waals surface area contributed by atoms with Crippen molar-refractivity contribution in [1.82, 2.24) is 0 Å². The maximum atomic E-state index is 6.23. The van der Waals surface area contributed by atoms with E-state index >= 15 is 0 Å². The lowest BCUT2D eigenvalue weighted by atomic mass is 9.89. The summed E-state index contributed by atoms with van der Waals surface area (Å²) in [7, 11) is 1.73. The van der Waals surface area contributed by atoms with Crippen molar-refractivity contribution in [2.75, 3.05) is 13.7 Å². The van der Waals surface area contributed by atoms with Crippen molar-refractivity contribution in [3.63, 3.8) is 0 Å². The average Bonchev–Trinajstić information content (AvgIpc) is 2.18. The third-order valence-corrected chi connectivity index (χ3v) is 2.55. The van der Waals surface area contributed by atoms with Crippen molar-refractivity contribution < 1.29 is 4.74 Å². The lowest BCUT2D eigenvalue weighted by Crippen LogP contribution is -2.38. The molecule has 84 valence electrons. The van der Waals surface area contributed by atoms with Gasteiger partial charge in [0.25, 0.3) is 0 Å². The van der Waals surface area contributed by atoms with Crippen molar-refractivity contribution in [3.8, 4) is 0 Å². The van der Waals surface area contributed by atoms with E-state index in [9.17, 15) is 0 Å². The summed E-state index contributed by atoms with van der Waals surface area (Å²) in [6.07, 6.45) is 2.95. The summed E-state index contributed by atoms with van der Waals surface area (Å²) >= 11 is 0. The lowest BCUT2D eigenvalue weighted by molar-refractivity contribution is 0.184. The van der Waals surface area contributed by atoms with E-state index in [1.165, 1.54) is 5.56 Å². The summed E-state index contributed by atoms with van der Waals surface area (Å²) in [6.45, 7) is 2.90. The third-order valence-electron chi connectivity index (χ3n) is 2.55. The average molecular weight is 207 g/mol. The van der Waals surface area contributed by atoms with Crippen LogP contribution in [-0.4, -0.2) is 19.3 Å². The highest BCUT2D eigenvalue weighted by Crippen LogP contribution is 2.15. The van der Waals surface area contributed by atoms with Crippen LogP contribution in [0.15, 0.2) is 30.3 Å². The molecule has 1 atom stereocenters. The molecule has 15 heavy (non-hydrogen) atoms. The topological polar surface area (TPSA) is 35.2 Å². The van der Waals surface area contributed by atoms with E-state index in [2.05, 4.69) is 31.2 Å². The number of hydrogen-bond donors (Lipinski definition) is 1. The number of benzene rings is 1. The van der Waals surface area contributed by atoms with Gasteiger partial charge in [0.1, 0.15) is 0 Å². The van der Waals surface area contributed by atoms with Gasteiger partial charge in [-0.15, -0.1) is 0 Å². The molecule has 0 bridgehead atoms.